The van der Waals surface area contributed by atoms with E-state index in [1.165, 1.54) is 0 Å². The van der Waals surface area contributed by atoms with Crippen molar-refractivity contribution < 1.29 is 14.6 Å². The second kappa shape index (κ2) is 8.53. The van der Waals surface area contributed by atoms with E-state index < -0.39 is 0 Å². The van der Waals surface area contributed by atoms with Gasteiger partial charge in [0.25, 0.3) is 0 Å². The number of unbranched alkanes of at least 4 members (excludes halogenated alkanes) is 1. The first kappa shape index (κ1) is 14.5. The predicted molar refractivity (Wildman–Crippen MR) is 70.3 cm³/mol. The Morgan fingerprint density at radius 1 is 1.28 bits per heavy atom. The summed E-state index contributed by atoms with van der Waals surface area (Å²) in [7, 11) is 0. The molecule has 18 heavy (non-hydrogen) atoms. The van der Waals surface area contributed by atoms with Gasteiger partial charge < -0.3 is 15.2 Å². The van der Waals surface area contributed by atoms with Crippen molar-refractivity contribution in [3.63, 3.8) is 0 Å². The molecule has 0 spiro atoms. The minimum absolute atomic E-state index is 0.0578. The summed E-state index contributed by atoms with van der Waals surface area (Å²) in [5.74, 6) is 0. The van der Waals surface area contributed by atoms with Gasteiger partial charge in [0.2, 0.25) is 0 Å². The first-order valence-electron chi connectivity index (χ1n) is 6.35. The van der Waals surface area contributed by atoms with E-state index in [9.17, 15) is 4.79 Å². The number of carbonyl (C=O) groups excluding carboxylic acids is 1. The lowest BCUT2D eigenvalue weighted by molar-refractivity contribution is 0.144. The molecule has 0 saturated carbocycles. The molecule has 0 fully saturated rings. The number of benzene rings is 1. The van der Waals surface area contributed by atoms with Gasteiger partial charge in [-0.2, -0.15) is 0 Å². The lowest BCUT2D eigenvalue weighted by Crippen LogP contribution is -2.26. The van der Waals surface area contributed by atoms with Crippen molar-refractivity contribution in [3.8, 4) is 0 Å². The summed E-state index contributed by atoms with van der Waals surface area (Å²) in [5, 5.41) is 11.6. The summed E-state index contributed by atoms with van der Waals surface area (Å²) >= 11 is 0. The van der Waals surface area contributed by atoms with E-state index in [4.69, 9.17) is 9.84 Å². The van der Waals surface area contributed by atoms with Crippen molar-refractivity contribution in [2.45, 2.75) is 32.8 Å². The van der Waals surface area contributed by atoms with Gasteiger partial charge in [-0.25, -0.2) is 4.79 Å². The fourth-order valence-electron chi connectivity index (χ4n) is 1.48. The zero-order valence-corrected chi connectivity index (χ0v) is 10.8. The molecule has 100 valence electrons. The third kappa shape index (κ3) is 5.68. The minimum Gasteiger partial charge on any atom is -0.450 e. The van der Waals surface area contributed by atoms with Crippen molar-refractivity contribution in [2.75, 3.05) is 13.2 Å². The largest absolute Gasteiger partial charge is 0.450 e. The maximum absolute atomic E-state index is 11.2. The smallest absolute Gasteiger partial charge is 0.407 e. The standard InChI is InChI=1S/C14H21NO3/c1-2-3-10-18-14(17)15-9-8-12-4-6-13(11-16)7-5-12/h4-7,16H,2-3,8-11H2,1H3,(H,15,17). The van der Waals surface area contributed by atoms with Crippen molar-refractivity contribution in [2.24, 2.45) is 0 Å². The van der Waals surface area contributed by atoms with Crippen LogP contribution in [0.15, 0.2) is 24.3 Å². The number of hydrogen-bond donors (Lipinski definition) is 2. The van der Waals surface area contributed by atoms with Crippen LogP contribution in [0.3, 0.4) is 0 Å². The summed E-state index contributed by atoms with van der Waals surface area (Å²) in [6.07, 6.45) is 2.32. The molecule has 1 amide bonds. The highest BCUT2D eigenvalue weighted by molar-refractivity contribution is 5.67. The zero-order valence-electron chi connectivity index (χ0n) is 10.8. The molecule has 1 aromatic rings. The number of carbonyl (C=O) groups is 1. The molecule has 0 saturated heterocycles. The molecule has 0 aliphatic rings. The van der Waals surface area contributed by atoms with E-state index in [-0.39, 0.29) is 12.7 Å². The fraction of sp³-hybridized carbons (Fsp3) is 0.500. The normalized spacial score (nSPS) is 10.1. The predicted octanol–water partition coefficient (Wildman–Crippen LogP) is 2.25. The van der Waals surface area contributed by atoms with Crippen LogP contribution in [0.2, 0.25) is 0 Å². The maximum atomic E-state index is 11.2. The monoisotopic (exact) mass is 251 g/mol. The molecular weight excluding hydrogens is 230 g/mol. The van der Waals surface area contributed by atoms with E-state index in [0.717, 1.165) is 30.4 Å². The van der Waals surface area contributed by atoms with Gasteiger partial charge in [0, 0.05) is 6.54 Å². The Balaban J connectivity index is 2.18. The van der Waals surface area contributed by atoms with Crippen molar-refractivity contribution in [1.82, 2.24) is 5.32 Å². The summed E-state index contributed by atoms with van der Waals surface area (Å²) in [5.41, 5.74) is 2.02. The Kier molecular flexibility index (Phi) is 6.87. The summed E-state index contributed by atoms with van der Waals surface area (Å²) in [6.45, 7) is 3.15. The van der Waals surface area contributed by atoms with Crippen LogP contribution in [0.25, 0.3) is 0 Å². The zero-order chi connectivity index (χ0) is 13.2. The first-order valence-corrected chi connectivity index (χ1v) is 6.35. The highest BCUT2D eigenvalue weighted by Crippen LogP contribution is 2.04. The van der Waals surface area contributed by atoms with Gasteiger partial charge in [0.15, 0.2) is 0 Å². The lowest BCUT2D eigenvalue weighted by atomic mass is 10.1. The highest BCUT2D eigenvalue weighted by atomic mass is 16.5. The van der Waals surface area contributed by atoms with Crippen LogP contribution < -0.4 is 5.32 Å². The van der Waals surface area contributed by atoms with Crippen LogP contribution in [-0.2, 0) is 17.8 Å². The number of aliphatic hydroxyl groups excluding tert-OH is 1. The Hall–Kier alpha value is -1.55. The third-order valence-electron chi connectivity index (χ3n) is 2.62. The van der Waals surface area contributed by atoms with Gasteiger partial charge in [0.1, 0.15) is 0 Å². The molecule has 0 atom stereocenters. The molecule has 0 radical (unpaired) electrons. The second-order valence-electron chi connectivity index (χ2n) is 4.14. The molecular formula is C14H21NO3. The molecule has 1 rings (SSSR count). The average molecular weight is 251 g/mol. The van der Waals surface area contributed by atoms with Crippen molar-refractivity contribution in [1.29, 1.82) is 0 Å². The molecule has 0 heterocycles. The van der Waals surface area contributed by atoms with Gasteiger partial charge in [-0.15, -0.1) is 0 Å². The van der Waals surface area contributed by atoms with Crippen LogP contribution in [-0.4, -0.2) is 24.4 Å². The van der Waals surface area contributed by atoms with Gasteiger partial charge in [-0.3, -0.25) is 0 Å². The summed E-state index contributed by atoms with van der Waals surface area (Å²) in [6, 6.07) is 7.68. The van der Waals surface area contributed by atoms with E-state index >= 15 is 0 Å². The van der Waals surface area contributed by atoms with Crippen LogP contribution >= 0.6 is 0 Å². The second-order valence-corrected chi connectivity index (χ2v) is 4.14. The van der Waals surface area contributed by atoms with Gasteiger partial charge in [-0.05, 0) is 24.0 Å². The average Bonchev–Trinajstić information content (AvgIpc) is 2.40. The van der Waals surface area contributed by atoms with Gasteiger partial charge in [-0.1, -0.05) is 37.6 Å². The molecule has 0 aliphatic carbocycles. The molecule has 0 unspecified atom stereocenters. The van der Waals surface area contributed by atoms with Crippen LogP contribution in [0, 0.1) is 0 Å². The van der Waals surface area contributed by atoms with Gasteiger partial charge in [0.05, 0.1) is 13.2 Å². The number of hydrogen-bond acceptors (Lipinski definition) is 3. The number of ether oxygens (including phenoxy) is 1. The third-order valence-corrected chi connectivity index (χ3v) is 2.62. The van der Waals surface area contributed by atoms with Crippen LogP contribution in [0.1, 0.15) is 30.9 Å². The fourth-order valence-corrected chi connectivity index (χ4v) is 1.48. The van der Waals surface area contributed by atoms with E-state index in [1.807, 2.05) is 24.3 Å². The number of aliphatic hydroxyl groups is 1. The molecule has 0 bridgehead atoms. The summed E-state index contributed by atoms with van der Waals surface area (Å²) in [4.78, 5) is 11.2. The molecule has 4 nitrogen and oxygen atoms in total. The lowest BCUT2D eigenvalue weighted by Gasteiger charge is -2.06. The van der Waals surface area contributed by atoms with E-state index in [2.05, 4.69) is 12.2 Å². The Morgan fingerprint density at radius 2 is 1.94 bits per heavy atom. The highest BCUT2D eigenvalue weighted by Gasteiger charge is 2.00. The SMILES string of the molecule is CCCCOC(=O)NCCc1ccc(CO)cc1. The topological polar surface area (TPSA) is 58.6 Å². The van der Waals surface area contributed by atoms with Crippen LogP contribution in [0.5, 0.6) is 0 Å². The summed E-state index contributed by atoms with van der Waals surface area (Å²) < 4.78 is 4.97. The minimum atomic E-state index is -0.351. The Labute approximate surface area is 108 Å². The molecule has 0 aliphatic heterocycles. The number of amides is 1. The van der Waals surface area contributed by atoms with Crippen molar-refractivity contribution >= 4 is 6.09 Å². The van der Waals surface area contributed by atoms with E-state index in [1.54, 1.807) is 0 Å². The first-order chi connectivity index (χ1) is 8.76. The van der Waals surface area contributed by atoms with Crippen molar-refractivity contribution in [3.05, 3.63) is 35.4 Å². The van der Waals surface area contributed by atoms with E-state index in [0.29, 0.717) is 13.2 Å². The van der Waals surface area contributed by atoms with Crippen LogP contribution in [0.4, 0.5) is 4.79 Å². The maximum Gasteiger partial charge on any atom is 0.407 e. The molecule has 0 aromatic heterocycles. The quantitative estimate of drug-likeness (QED) is 0.731. The number of nitrogens with one attached hydrogen (secondary N) is 1. The number of alkyl carbamates (subject to hydrolysis) is 1. The Morgan fingerprint density at radius 3 is 2.56 bits per heavy atom. The molecule has 2 N–H and O–H groups in total. The Bertz CT molecular complexity index is 349. The van der Waals surface area contributed by atoms with Gasteiger partial charge >= 0.3 is 6.09 Å². The molecule has 4 heteroatoms. The number of rotatable bonds is 7. The molecule has 1 aromatic carbocycles.